The van der Waals surface area contributed by atoms with Crippen molar-refractivity contribution in [3.8, 4) is 11.5 Å². The molecule has 0 saturated heterocycles. The Labute approximate surface area is 136 Å². The summed E-state index contributed by atoms with van der Waals surface area (Å²) in [5, 5.41) is 0. The van der Waals surface area contributed by atoms with E-state index in [0.717, 1.165) is 40.5 Å². The lowest BCUT2D eigenvalue weighted by Gasteiger charge is -2.09. The van der Waals surface area contributed by atoms with Crippen LogP contribution in [0.1, 0.15) is 12.7 Å². The number of allylic oxidation sites excluding steroid dienone is 1. The van der Waals surface area contributed by atoms with E-state index in [1.54, 1.807) is 7.11 Å². The predicted octanol–water partition coefficient (Wildman–Crippen LogP) is 3.62. The molecule has 4 nitrogen and oxygen atoms in total. The van der Waals surface area contributed by atoms with Crippen molar-refractivity contribution in [2.75, 3.05) is 7.11 Å². The van der Waals surface area contributed by atoms with Crippen molar-refractivity contribution in [1.82, 2.24) is 4.98 Å². The molecule has 0 amide bonds. The van der Waals surface area contributed by atoms with E-state index in [9.17, 15) is 0 Å². The lowest BCUT2D eigenvalue weighted by molar-refractivity contribution is -0.672. The van der Waals surface area contributed by atoms with Crippen LogP contribution in [-0.4, -0.2) is 12.1 Å². The molecular formula is C19H21N2O2+. The summed E-state index contributed by atoms with van der Waals surface area (Å²) >= 11 is 0. The molecule has 0 bridgehead atoms. The first-order chi connectivity index (χ1) is 11.2. The zero-order valence-electron chi connectivity index (χ0n) is 13.5. The molecule has 23 heavy (non-hydrogen) atoms. The van der Waals surface area contributed by atoms with E-state index in [1.807, 2.05) is 43.3 Å². The van der Waals surface area contributed by atoms with E-state index < -0.39 is 0 Å². The molecule has 0 radical (unpaired) electrons. The second kappa shape index (κ2) is 6.57. The Morgan fingerprint density at radius 3 is 2.52 bits per heavy atom. The maximum atomic E-state index is 5.96. The van der Waals surface area contributed by atoms with E-state index in [-0.39, 0.29) is 0 Å². The molecule has 0 saturated carbocycles. The standard InChI is InChI=1S/C19H20N2O2/c1-14(2)12-21-16-9-5-4-8-15(16)20-19(21)13-23-18-11-7-6-10-17(18)22-3/h4-11H,1,12-13H2,2-3H3/p+1. The summed E-state index contributed by atoms with van der Waals surface area (Å²) in [6, 6.07) is 15.9. The highest BCUT2D eigenvalue weighted by atomic mass is 16.5. The monoisotopic (exact) mass is 309 g/mol. The SMILES string of the molecule is C=C(C)C[n+]1c(COc2ccccc2OC)[nH]c2ccccc21. The van der Waals surface area contributed by atoms with Crippen LogP contribution >= 0.6 is 0 Å². The van der Waals surface area contributed by atoms with Gasteiger partial charge in [0.25, 0.3) is 5.82 Å². The summed E-state index contributed by atoms with van der Waals surface area (Å²) in [7, 11) is 1.65. The summed E-state index contributed by atoms with van der Waals surface area (Å²) in [4.78, 5) is 3.43. The van der Waals surface area contributed by atoms with Gasteiger partial charge < -0.3 is 9.47 Å². The summed E-state index contributed by atoms with van der Waals surface area (Å²) in [5.41, 5.74) is 3.33. The summed E-state index contributed by atoms with van der Waals surface area (Å²) in [6.45, 7) is 7.25. The molecule has 0 fully saturated rings. The number of nitrogens with one attached hydrogen (secondary N) is 1. The number of aromatic amines is 1. The zero-order chi connectivity index (χ0) is 16.2. The number of hydrogen-bond donors (Lipinski definition) is 1. The van der Waals surface area contributed by atoms with E-state index in [0.29, 0.717) is 6.61 Å². The van der Waals surface area contributed by atoms with Gasteiger partial charge in [0.15, 0.2) is 29.1 Å². The van der Waals surface area contributed by atoms with Crippen LogP contribution in [0.15, 0.2) is 60.7 Å². The Kier molecular flexibility index (Phi) is 4.33. The van der Waals surface area contributed by atoms with Crippen molar-refractivity contribution in [3.63, 3.8) is 0 Å². The second-order valence-electron chi connectivity index (χ2n) is 5.57. The molecule has 3 rings (SSSR count). The first-order valence-corrected chi connectivity index (χ1v) is 7.58. The third-order valence-electron chi connectivity index (χ3n) is 3.66. The molecule has 0 atom stereocenters. The molecule has 3 aromatic rings. The van der Waals surface area contributed by atoms with Gasteiger partial charge in [-0.3, -0.25) is 0 Å². The van der Waals surface area contributed by atoms with Crippen molar-refractivity contribution in [3.05, 3.63) is 66.5 Å². The molecule has 0 spiro atoms. The van der Waals surface area contributed by atoms with E-state index in [2.05, 4.69) is 28.3 Å². The van der Waals surface area contributed by atoms with Crippen LogP contribution in [0.3, 0.4) is 0 Å². The van der Waals surface area contributed by atoms with Gasteiger partial charge in [-0.1, -0.05) is 30.8 Å². The number of nitrogens with zero attached hydrogens (tertiary/aromatic N) is 1. The fraction of sp³-hybridized carbons (Fsp3) is 0.211. The minimum absolute atomic E-state index is 0.433. The third kappa shape index (κ3) is 3.21. The van der Waals surface area contributed by atoms with Crippen molar-refractivity contribution < 1.29 is 14.0 Å². The largest absolute Gasteiger partial charge is 0.493 e. The van der Waals surface area contributed by atoms with Crippen molar-refractivity contribution in [1.29, 1.82) is 0 Å². The maximum Gasteiger partial charge on any atom is 0.294 e. The van der Waals surface area contributed by atoms with Gasteiger partial charge in [0, 0.05) is 0 Å². The normalized spacial score (nSPS) is 10.7. The Morgan fingerprint density at radius 1 is 1.09 bits per heavy atom. The number of benzene rings is 2. The lowest BCUT2D eigenvalue weighted by atomic mass is 10.3. The Bertz CT molecular complexity index is 836. The molecule has 2 aromatic carbocycles. The van der Waals surface area contributed by atoms with Crippen LogP contribution in [0, 0.1) is 0 Å². The minimum Gasteiger partial charge on any atom is -0.493 e. The Morgan fingerprint density at radius 2 is 1.78 bits per heavy atom. The van der Waals surface area contributed by atoms with Gasteiger partial charge in [-0.05, 0) is 36.8 Å². The van der Waals surface area contributed by atoms with Crippen LogP contribution in [-0.2, 0) is 13.2 Å². The van der Waals surface area contributed by atoms with Crippen LogP contribution in [0.2, 0.25) is 0 Å². The number of para-hydroxylation sites is 4. The van der Waals surface area contributed by atoms with Crippen molar-refractivity contribution >= 4 is 11.0 Å². The molecule has 0 aliphatic rings. The number of ether oxygens (including phenoxy) is 2. The van der Waals surface area contributed by atoms with Crippen molar-refractivity contribution in [2.45, 2.75) is 20.1 Å². The Balaban J connectivity index is 1.91. The number of methoxy groups -OCH3 is 1. The van der Waals surface area contributed by atoms with Gasteiger partial charge in [-0.15, -0.1) is 0 Å². The second-order valence-corrected chi connectivity index (χ2v) is 5.57. The molecule has 0 aliphatic heterocycles. The van der Waals surface area contributed by atoms with Crippen LogP contribution in [0.25, 0.3) is 11.0 Å². The average Bonchev–Trinajstić information content (AvgIpc) is 2.90. The number of imidazole rings is 1. The highest BCUT2D eigenvalue weighted by molar-refractivity contribution is 5.71. The van der Waals surface area contributed by atoms with Crippen LogP contribution < -0.4 is 14.0 Å². The smallest absolute Gasteiger partial charge is 0.294 e. The molecular weight excluding hydrogens is 288 g/mol. The van der Waals surface area contributed by atoms with Crippen LogP contribution in [0.5, 0.6) is 11.5 Å². The summed E-state index contributed by atoms with van der Waals surface area (Å²) in [5.74, 6) is 2.46. The van der Waals surface area contributed by atoms with Crippen LogP contribution in [0.4, 0.5) is 0 Å². The number of fused-ring (bicyclic) bond motifs is 1. The summed E-state index contributed by atoms with van der Waals surface area (Å²) < 4.78 is 13.5. The molecule has 4 heteroatoms. The fourth-order valence-corrected chi connectivity index (χ4v) is 2.63. The van der Waals surface area contributed by atoms with E-state index in [1.165, 1.54) is 0 Å². The molecule has 0 unspecified atom stereocenters. The maximum absolute atomic E-state index is 5.96. The quantitative estimate of drug-likeness (QED) is 0.558. The highest BCUT2D eigenvalue weighted by Gasteiger charge is 2.19. The minimum atomic E-state index is 0.433. The molecule has 1 heterocycles. The molecule has 118 valence electrons. The molecule has 0 aliphatic carbocycles. The van der Waals surface area contributed by atoms with Gasteiger partial charge in [0.1, 0.15) is 6.54 Å². The first kappa shape index (κ1) is 15.2. The highest BCUT2D eigenvalue weighted by Crippen LogP contribution is 2.26. The van der Waals surface area contributed by atoms with Gasteiger partial charge in [-0.2, -0.15) is 0 Å². The van der Waals surface area contributed by atoms with Gasteiger partial charge >= 0.3 is 0 Å². The third-order valence-corrected chi connectivity index (χ3v) is 3.66. The topological polar surface area (TPSA) is 38.1 Å². The number of aromatic nitrogens is 2. The van der Waals surface area contributed by atoms with E-state index in [4.69, 9.17) is 9.47 Å². The first-order valence-electron chi connectivity index (χ1n) is 7.58. The predicted molar refractivity (Wildman–Crippen MR) is 90.6 cm³/mol. The fourth-order valence-electron chi connectivity index (χ4n) is 2.63. The lowest BCUT2D eigenvalue weighted by Crippen LogP contribution is -2.38. The van der Waals surface area contributed by atoms with Gasteiger partial charge in [0.2, 0.25) is 0 Å². The van der Waals surface area contributed by atoms with Gasteiger partial charge in [-0.25, -0.2) is 9.55 Å². The summed E-state index contributed by atoms with van der Waals surface area (Å²) in [6.07, 6.45) is 0. The van der Waals surface area contributed by atoms with Crippen molar-refractivity contribution in [2.24, 2.45) is 0 Å². The number of rotatable bonds is 6. The van der Waals surface area contributed by atoms with E-state index >= 15 is 0 Å². The Hall–Kier alpha value is -2.75. The number of H-pyrrole nitrogens is 1. The number of hydrogen-bond acceptors (Lipinski definition) is 2. The zero-order valence-corrected chi connectivity index (χ0v) is 13.5. The van der Waals surface area contributed by atoms with Gasteiger partial charge in [0.05, 0.1) is 7.11 Å². The average molecular weight is 309 g/mol. The molecule has 1 aromatic heterocycles. The molecule has 1 N–H and O–H groups in total.